The van der Waals surface area contributed by atoms with Gasteiger partial charge in [-0.25, -0.2) is 0 Å². The fraction of sp³-hybridized carbons (Fsp3) is 0.909. The van der Waals surface area contributed by atoms with Gasteiger partial charge in [-0.2, -0.15) is 0 Å². The molecule has 0 aromatic rings. The first-order valence-electron chi connectivity index (χ1n) is 5.31. The fourth-order valence-electron chi connectivity index (χ4n) is 3.43. The van der Waals surface area contributed by atoms with E-state index >= 15 is 0 Å². The average molecular weight is 166 g/mol. The van der Waals surface area contributed by atoms with Crippen molar-refractivity contribution in [3.63, 3.8) is 0 Å². The van der Waals surface area contributed by atoms with Gasteiger partial charge in [0.1, 0.15) is 6.29 Å². The number of hydrogen-bond acceptors (Lipinski definition) is 1. The van der Waals surface area contributed by atoms with Crippen molar-refractivity contribution in [2.24, 2.45) is 11.3 Å². The summed E-state index contributed by atoms with van der Waals surface area (Å²) in [5, 5.41) is 0. The minimum absolute atomic E-state index is 0.626. The Morgan fingerprint density at radius 2 is 1.83 bits per heavy atom. The van der Waals surface area contributed by atoms with Gasteiger partial charge in [0.25, 0.3) is 0 Å². The smallest absolute Gasteiger partial charge is 0.120 e. The van der Waals surface area contributed by atoms with Gasteiger partial charge in [-0.3, -0.25) is 0 Å². The zero-order valence-electron chi connectivity index (χ0n) is 7.72. The molecule has 1 unspecified atom stereocenters. The minimum Gasteiger partial charge on any atom is -0.303 e. The zero-order valence-corrected chi connectivity index (χ0v) is 7.72. The van der Waals surface area contributed by atoms with Crippen LogP contribution in [-0.2, 0) is 4.79 Å². The molecule has 0 bridgehead atoms. The molecule has 1 atom stereocenters. The molecule has 2 saturated carbocycles. The molecular formula is C11H18O. The van der Waals surface area contributed by atoms with Crippen LogP contribution >= 0.6 is 0 Å². The molecular weight excluding hydrogens is 148 g/mol. The molecule has 2 fully saturated rings. The highest BCUT2D eigenvalue weighted by Crippen LogP contribution is 2.54. The summed E-state index contributed by atoms with van der Waals surface area (Å²) < 4.78 is 0. The summed E-state index contributed by atoms with van der Waals surface area (Å²) in [7, 11) is 0. The van der Waals surface area contributed by atoms with E-state index < -0.39 is 0 Å². The summed E-state index contributed by atoms with van der Waals surface area (Å²) in [6, 6.07) is 0. The Hall–Kier alpha value is -0.330. The third-order valence-electron chi connectivity index (χ3n) is 4.07. The van der Waals surface area contributed by atoms with Crippen molar-refractivity contribution in [2.45, 2.75) is 51.4 Å². The first-order chi connectivity index (χ1) is 5.87. The van der Waals surface area contributed by atoms with E-state index in [0.717, 1.165) is 18.6 Å². The molecule has 0 aromatic heterocycles. The van der Waals surface area contributed by atoms with Gasteiger partial charge in [0.15, 0.2) is 0 Å². The second kappa shape index (κ2) is 3.20. The Morgan fingerprint density at radius 3 is 2.50 bits per heavy atom. The van der Waals surface area contributed by atoms with Gasteiger partial charge in [0, 0.05) is 6.42 Å². The largest absolute Gasteiger partial charge is 0.303 e. The summed E-state index contributed by atoms with van der Waals surface area (Å²) in [5.74, 6) is 0.748. The quantitative estimate of drug-likeness (QED) is 0.576. The fourth-order valence-corrected chi connectivity index (χ4v) is 3.43. The Bertz CT molecular complexity index is 162. The third kappa shape index (κ3) is 1.19. The lowest BCUT2D eigenvalue weighted by Gasteiger charge is -2.29. The van der Waals surface area contributed by atoms with Gasteiger partial charge in [0.2, 0.25) is 0 Å². The van der Waals surface area contributed by atoms with Crippen LogP contribution in [0.3, 0.4) is 0 Å². The van der Waals surface area contributed by atoms with E-state index in [1.165, 1.54) is 44.9 Å². The maximum Gasteiger partial charge on any atom is 0.120 e. The van der Waals surface area contributed by atoms with E-state index in [2.05, 4.69) is 0 Å². The number of hydrogen-bond donors (Lipinski definition) is 0. The lowest BCUT2D eigenvalue weighted by atomic mass is 9.75. The molecule has 2 rings (SSSR count). The van der Waals surface area contributed by atoms with Crippen molar-refractivity contribution in [2.75, 3.05) is 0 Å². The molecule has 2 aliphatic rings. The Labute approximate surface area is 74.5 Å². The lowest BCUT2D eigenvalue weighted by molar-refractivity contribution is -0.109. The van der Waals surface area contributed by atoms with Gasteiger partial charge in [0.05, 0.1) is 0 Å². The minimum atomic E-state index is 0.626. The van der Waals surface area contributed by atoms with Gasteiger partial charge in [-0.1, -0.05) is 19.3 Å². The molecule has 0 amide bonds. The molecule has 1 heteroatoms. The molecule has 68 valence electrons. The summed E-state index contributed by atoms with van der Waals surface area (Å²) >= 11 is 0. The highest BCUT2D eigenvalue weighted by Gasteiger charge is 2.43. The van der Waals surface area contributed by atoms with Gasteiger partial charge >= 0.3 is 0 Å². The molecule has 0 saturated heterocycles. The van der Waals surface area contributed by atoms with E-state index in [-0.39, 0.29) is 0 Å². The first kappa shape index (κ1) is 8.28. The van der Waals surface area contributed by atoms with Gasteiger partial charge in [-0.15, -0.1) is 0 Å². The number of carbonyl (C=O) groups is 1. The van der Waals surface area contributed by atoms with Crippen molar-refractivity contribution in [1.29, 1.82) is 0 Å². The molecule has 1 spiro atoms. The molecule has 12 heavy (non-hydrogen) atoms. The van der Waals surface area contributed by atoms with Crippen molar-refractivity contribution in [3.05, 3.63) is 0 Å². The van der Waals surface area contributed by atoms with Crippen molar-refractivity contribution >= 4 is 6.29 Å². The Balaban J connectivity index is 2.06. The van der Waals surface area contributed by atoms with E-state index in [4.69, 9.17) is 0 Å². The average Bonchev–Trinajstić information content (AvgIpc) is 2.66. The van der Waals surface area contributed by atoms with Crippen LogP contribution in [0.25, 0.3) is 0 Å². The van der Waals surface area contributed by atoms with E-state index in [1.54, 1.807) is 0 Å². The molecule has 0 heterocycles. The van der Waals surface area contributed by atoms with Gasteiger partial charge in [-0.05, 0) is 37.0 Å². The van der Waals surface area contributed by atoms with Gasteiger partial charge < -0.3 is 4.79 Å². The summed E-state index contributed by atoms with van der Waals surface area (Å²) in [6.07, 6.45) is 11.7. The van der Waals surface area contributed by atoms with Crippen LogP contribution in [0.2, 0.25) is 0 Å². The van der Waals surface area contributed by atoms with E-state index in [0.29, 0.717) is 5.41 Å². The topological polar surface area (TPSA) is 17.1 Å². The SMILES string of the molecule is O=CCC1CCCC12CCCC2. The molecule has 2 aliphatic carbocycles. The summed E-state index contributed by atoms with van der Waals surface area (Å²) in [5.41, 5.74) is 0.626. The van der Waals surface area contributed by atoms with Crippen LogP contribution in [0.4, 0.5) is 0 Å². The second-order valence-corrected chi connectivity index (χ2v) is 4.56. The molecule has 0 aromatic carbocycles. The highest BCUT2D eigenvalue weighted by molar-refractivity contribution is 5.50. The van der Waals surface area contributed by atoms with Crippen LogP contribution < -0.4 is 0 Å². The monoisotopic (exact) mass is 166 g/mol. The standard InChI is InChI=1S/C11H18O/c12-9-5-10-4-3-8-11(10)6-1-2-7-11/h9-10H,1-8H2. The Kier molecular flexibility index (Phi) is 2.20. The predicted molar refractivity (Wildman–Crippen MR) is 48.9 cm³/mol. The molecule has 0 radical (unpaired) electrons. The highest BCUT2D eigenvalue weighted by atomic mass is 16.1. The van der Waals surface area contributed by atoms with Crippen LogP contribution in [-0.4, -0.2) is 6.29 Å². The van der Waals surface area contributed by atoms with Crippen molar-refractivity contribution < 1.29 is 4.79 Å². The maximum absolute atomic E-state index is 10.5. The zero-order chi connectivity index (χ0) is 8.44. The number of aldehydes is 1. The van der Waals surface area contributed by atoms with Crippen molar-refractivity contribution in [3.8, 4) is 0 Å². The second-order valence-electron chi connectivity index (χ2n) is 4.56. The van der Waals surface area contributed by atoms with E-state index in [9.17, 15) is 4.79 Å². The Morgan fingerprint density at radius 1 is 1.17 bits per heavy atom. The van der Waals surface area contributed by atoms with Crippen LogP contribution in [0.1, 0.15) is 51.4 Å². The molecule has 0 N–H and O–H groups in total. The molecule has 1 nitrogen and oxygen atoms in total. The van der Waals surface area contributed by atoms with Crippen LogP contribution in [0.5, 0.6) is 0 Å². The van der Waals surface area contributed by atoms with Crippen LogP contribution in [0.15, 0.2) is 0 Å². The van der Waals surface area contributed by atoms with E-state index in [1.807, 2.05) is 0 Å². The predicted octanol–water partition coefficient (Wildman–Crippen LogP) is 2.94. The first-order valence-corrected chi connectivity index (χ1v) is 5.31. The third-order valence-corrected chi connectivity index (χ3v) is 4.07. The lowest BCUT2D eigenvalue weighted by Crippen LogP contribution is -2.21. The number of rotatable bonds is 2. The van der Waals surface area contributed by atoms with Crippen molar-refractivity contribution in [1.82, 2.24) is 0 Å². The summed E-state index contributed by atoms with van der Waals surface area (Å²) in [6.45, 7) is 0. The molecule has 0 aliphatic heterocycles. The number of carbonyl (C=O) groups excluding carboxylic acids is 1. The van der Waals surface area contributed by atoms with Crippen LogP contribution in [0, 0.1) is 11.3 Å². The maximum atomic E-state index is 10.5. The normalized spacial score (nSPS) is 32.8. The summed E-state index contributed by atoms with van der Waals surface area (Å²) in [4.78, 5) is 10.5.